The van der Waals surface area contributed by atoms with Crippen molar-refractivity contribution >= 4 is 29.1 Å². The van der Waals surface area contributed by atoms with Gasteiger partial charge in [-0.1, -0.05) is 35.3 Å². The van der Waals surface area contributed by atoms with Crippen LogP contribution in [0.1, 0.15) is 28.3 Å². The molecule has 3 unspecified atom stereocenters. The topological polar surface area (TPSA) is 32.3 Å². The van der Waals surface area contributed by atoms with E-state index in [1.54, 1.807) is 24.3 Å². The maximum absolute atomic E-state index is 12.2. The van der Waals surface area contributed by atoms with E-state index < -0.39 is 0 Å². The lowest BCUT2D eigenvalue weighted by Crippen LogP contribution is -2.34. The Bertz CT molecular complexity index is 793. The van der Waals surface area contributed by atoms with Crippen molar-refractivity contribution in [1.29, 1.82) is 0 Å². The van der Waals surface area contributed by atoms with Gasteiger partial charge in [0.1, 0.15) is 0 Å². The minimum atomic E-state index is -0.0411. The summed E-state index contributed by atoms with van der Waals surface area (Å²) in [6.45, 7) is 3.81. The highest BCUT2D eigenvalue weighted by atomic mass is 35.5. The second-order valence-corrected chi connectivity index (χ2v) is 8.22. The van der Waals surface area contributed by atoms with Crippen LogP contribution in [-0.2, 0) is 0 Å². The average Bonchev–Trinajstić information content (AvgIpc) is 2.92. The summed E-state index contributed by atoms with van der Waals surface area (Å²) >= 11 is 12.0. The average molecular weight is 389 g/mol. The lowest BCUT2D eigenvalue weighted by atomic mass is 9.64. The first-order valence-electron chi connectivity index (χ1n) is 9.12. The van der Waals surface area contributed by atoms with Crippen LogP contribution in [0.3, 0.4) is 0 Å². The van der Waals surface area contributed by atoms with E-state index in [4.69, 9.17) is 23.2 Å². The number of benzene rings is 2. The van der Waals surface area contributed by atoms with E-state index in [2.05, 4.69) is 22.3 Å². The van der Waals surface area contributed by atoms with E-state index >= 15 is 0 Å². The Balaban J connectivity index is 1.25. The molecule has 3 atom stereocenters. The summed E-state index contributed by atoms with van der Waals surface area (Å²) in [5.41, 5.74) is 2.02. The Kier molecular flexibility index (Phi) is 5.21. The van der Waals surface area contributed by atoms with Crippen LogP contribution in [0.25, 0.3) is 0 Å². The van der Waals surface area contributed by atoms with Crippen LogP contribution in [0.15, 0.2) is 48.5 Å². The molecule has 1 aliphatic heterocycles. The van der Waals surface area contributed by atoms with Gasteiger partial charge in [0.2, 0.25) is 0 Å². The molecule has 0 radical (unpaired) electrons. The maximum atomic E-state index is 12.2. The summed E-state index contributed by atoms with van der Waals surface area (Å²) in [6.07, 6.45) is 1.25. The predicted octanol–water partition coefficient (Wildman–Crippen LogP) is 4.46. The minimum absolute atomic E-state index is 0.0411. The number of likely N-dealkylation sites (tertiary alicyclic amines) is 1. The van der Waals surface area contributed by atoms with Gasteiger partial charge in [0.05, 0.1) is 0 Å². The first-order valence-corrected chi connectivity index (χ1v) is 9.87. The fraction of sp³-hybridized carbons (Fsp3) is 0.381. The van der Waals surface area contributed by atoms with Gasteiger partial charge in [0, 0.05) is 41.8 Å². The number of carbonyl (C=O) groups is 1. The Morgan fingerprint density at radius 2 is 1.88 bits per heavy atom. The lowest BCUT2D eigenvalue weighted by molar-refractivity contribution is 0.0949. The Morgan fingerprint density at radius 3 is 2.65 bits per heavy atom. The zero-order chi connectivity index (χ0) is 18.1. The van der Waals surface area contributed by atoms with Crippen LogP contribution < -0.4 is 5.32 Å². The van der Waals surface area contributed by atoms with Crippen LogP contribution in [0.5, 0.6) is 0 Å². The molecule has 0 spiro atoms. The summed E-state index contributed by atoms with van der Waals surface area (Å²) in [5, 5.41) is 4.47. The normalized spacial score (nSPS) is 24.8. The number of fused-ring (bicyclic) bond motifs is 1. The number of hydrogen-bond acceptors (Lipinski definition) is 2. The van der Waals surface area contributed by atoms with Crippen molar-refractivity contribution in [1.82, 2.24) is 10.2 Å². The largest absolute Gasteiger partial charge is 0.351 e. The van der Waals surface area contributed by atoms with Crippen molar-refractivity contribution in [2.75, 3.05) is 26.2 Å². The number of hydrogen-bond donors (Lipinski definition) is 1. The number of rotatable bonds is 5. The molecule has 136 valence electrons. The molecule has 1 amide bonds. The summed E-state index contributed by atoms with van der Waals surface area (Å²) in [7, 11) is 0. The fourth-order valence-corrected chi connectivity index (χ4v) is 4.66. The Morgan fingerprint density at radius 1 is 1.08 bits per heavy atom. The smallest absolute Gasteiger partial charge is 0.251 e. The Labute approximate surface area is 164 Å². The van der Waals surface area contributed by atoms with E-state index in [-0.39, 0.29) is 5.91 Å². The van der Waals surface area contributed by atoms with Gasteiger partial charge in [-0.2, -0.15) is 0 Å². The summed E-state index contributed by atoms with van der Waals surface area (Å²) in [5.74, 6) is 2.10. The molecule has 2 fully saturated rings. The predicted molar refractivity (Wildman–Crippen MR) is 106 cm³/mol. The van der Waals surface area contributed by atoms with Crippen molar-refractivity contribution < 1.29 is 4.79 Å². The molecule has 0 bridgehead atoms. The van der Waals surface area contributed by atoms with Crippen molar-refractivity contribution in [3.8, 4) is 0 Å². The quantitative estimate of drug-likeness (QED) is 0.819. The molecule has 1 saturated heterocycles. The lowest BCUT2D eigenvalue weighted by Gasteiger charge is -2.40. The molecular weight excluding hydrogens is 367 g/mol. The SMILES string of the molecule is O=C(NCCN1CC2CC(c3cccc(Cl)c3)C2C1)c1ccc(Cl)cc1. The number of carbonyl (C=O) groups excluding carboxylic acids is 1. The highest BCUT2D eigenvalue weighted by molar-refractivity contribution is 6.30. The Hall–Kier alpha value is -1.55. The minimum Gasteiger partial charge on any atom is -0.351 e. The molecule has 2 aromatic rings. The number of nitrogens with zero attached hydrogens (tertiary/aromatic N) is 1. The zero-order valence-corrected chi connectivity index (χ0v) is 16.0. The number of halogens is 2. The van der Waals surface area contributed by atoms with Gasteiger partial charge in [-0.3, -0.25) is 4.79 Å². The molecule has 2 aromatic carbocycles. The van der Waals surface area contributed by atoms with Crippen LogP contribution in [0, 0.1) is 11.8 Å². The van der Waals surface area contributed by atoms with Gasteiger partial charge in [0.25, 0.3) is 5.91 Å². The van der Waals surface area contributed by atoms with E-state index in [1.807, 2.05) is 12.1 Å². The summed E-state index contributed by atoms with van der Waals surface area (Å²) < 4.78 is 0. The molecule has 1 aliphatic carbocycles. The molecule has 1 N–H and O–H groups in total. The van der Waals surface area contributed by atoms with E-state index in [0.717, 1.165) is 36.5 Å². The second kappa shape index (κ2) is 7.59. The molecule has 5 heteroatoms. The van der Waals surface area contributed by atoms with Gasteiger partial charge in [-0.05, 0) is 66.1 Å². The molecule has 1 heterocycles. The fourth-order valence-electron chi connectivity index (χ4n) is 4.33. The summed E-state index contributed by atoms with van der Waals surface area (Å²) in [6, 6.07) is 15.3. The maximum Gasteiger partial charge on any atom is 0.251 e. The van der Waals surface area contributed by atoms with E-state index in [9.17, 15) is 4.79 Å². The standard InChI is InChI=1S/C21H22Cl2N2O/c22-17-6-4-14(5-7-17)21(26)24-8-9-25-12-16-11-19(20(16)13-25)15-2-1-3-18(23)10-15/h1-7,10,16,19-20H,8-9,11-13H2,(H,24,26). The van der Waals surface area contributed by atoms with E-state index in [1.165, 1.54) is 12.0 Å². The summed E-state index contributed by atoms with van der Waals surface area (Å²) in [4.78, 5) is 14.6. The number of amides is 1. The van der Waals surface area contributed by atoms with Crippen molar-refractivity contribution in [2.24, 2.45) is 11.8 Å². The molecule has 2 aliphatic rings. The van der Waals surface area contributed by atoms with Crippen LogP contribution >= 0.6 is 23.2 Å². The van der Waals surface area contributed by atoms with Gasteiger partial charge < -0.3 is 10.2 Å². The van der Waals surface area contributed by atoms with Gasteiger partial charge in [-0.25, -0.2) is 0 Å². The van der Waals surface area contributed by atoms with Gasteiger partial charge >= 0.3 is 0 Å². The third-order valence-corrected chi connectivity index (χ3v) is 6.22. The van der Waals surface area contributed by atoms with Crippen LogP contribution in [0.2, 0.25) is 10.0 Å². The van der Waals surface area contributed by atoms with Crippen molar-refractivity contribution in [3.63, 3.8) is 0 Å². The van der Waals surface area contributed by atoms with Gasteiger partial charge in [-0.15, -0.1) is 0 Å². The molecule has 4 rings (SSSR count). The third-order valence-electron chi connectivity index (χ3n) is 5.74. The molecular formula is C21H22Cl2N2O. The first kappa shape index (κ1) is 17.8. The molecule has 0 aromatic heterocycles. The van der Waals surface area contributed by atoms with Crippen LogP contribution in [-0.4, -0.2) is 37.0 Å². The first-order chi connectivity index (χ1) is 12.6. The van der Waals surface area contributed by atoms with Crippen molar-refractivity contribution in [3.05, 3.63) is 69.7 Å². The molecule has 26 heavy (non-hydrogen) atoms. The third kappa shape index (κ3) is 3.75. The number of nitrogens with one attached hydrogen (secondary N) is 1. The zero-order valence-electron chi connectivity index (χ0n) is 14.5. The van der Waals surface area contributed by atoms with E-state index in [0.29, 0.717) is 23.0 Å². The highest BCUT2D eigenvalue weighted by Gasteiger charge is 2.47. The monoisotopic (exact) mass is 388 g/mol. The molecule has 3 nitrogen and oxygen atoms in total. The second-order valence-electron chi connectivity index (χ2n) is 7.34. The van der Waals surface area contributed by atoms with Crippen molar-refractivity contribution in [2.45, 2.75) is 12.3 Å². The van der Waals surface area contributed by atoms with Crippen LogP contribution in [0.4, 0.5) is 0 Å². The highest BCUT2D eigenvalue weighted by Crippen LogP contribution is 2.51. The molecule has 1 saturated carbocycles. The van der Waals surface area contributed by atoms with Gasteiger partial charge in [0.15, 0.2) is 0 Å².